The molecule has 0 aliphatic heterocycles. The van der Waals surface area contributed by atoms with Gasteiger partial charge in [-0.25, -0.2) is 4.79 Å². The second-order valence-corrected chi connectivity index (χ2v) is 6.57. The molecule has 0 aromatic heterocycles. The zero-order valence-electron chi connectivity index (χ0n) is 14.2. The van der Waals surface area contributed by atoms with Crippen molar-refractivity contribution in [2.45, 2.75) is 25.3 Å². The third-order valence-corrected chi connectivity index (χ3v) is 4.87. The largest absolute Gasteiger partial charge is 0.496 e. The minimum Gasteiger partial charge on any atom is -0.496 e. The van der Waals surface area contributed by atoms with Gasteiger partial charge in [0.1, 0.15) is 11.8 Å². The minimum absolute atomic E-state index is 0.550. The van der Waals surface area contributed by atoms with Gasteiger partial charge in [-0.1, -0.05) is 24.3 Å². The number of hydrogen-bond donors (Lipinski definition) is 3. The van der Waals surface area contributed by atoms with E-state index in [0.29, 0.717) is 11.3 Å². The Bertz CT molecular complexity index is 866. The molecule has 2 aromatic rings. The number of rotatable bonds is 7. The van der Waals surface area contributed by atoms with E-state index < -0.39 is 36.2 Å². The summed E-state index contributed by atoms with van der Waals surface area (Å²) < 4.78 is 6.05. The highest BCUT2D eigenvalue weighted by Gasteiger charge is 2.26. The Hall–Kier alpha value is -2.61. The van der Waals surface area contributed by atoms with E-state index in [1.165, 1.54) is 0 Å². The van der Waals surface area contributed by atoms with Gasteiger partial charge in [-0.2, -0.15) is 0 Å². The van der Waals surface area contributed by atoms with Crippen molar-refractivity contribution < 1.29 is 29.3 Å². The van der Waals surface area contributed by atoms with Gasteiger partial charge >= 0.3 is 11.9 Å². The predicted molar refractivity (Wildman–Crippen MR) is 98.4 cm³/mol. The lowest BCUT2D eigenvalue weighted by molar-refractivity contribution is -0.147. The Balaban J connectivity index is 2.25. The summed E-state index contributed by atoms with van der Waals surface area (Å²) >= 11 is 3.48. The molecule has 0 fully saturated rings. The molecule has 0 aliphatic carbocycles. The number of carboxylic acids is 2. The van der Waals surface area contributed by atoms with Crippen molar-refractivity contribution >= 4 is 44.5 Å². The zero-order valence-corrected chi connectivity index (χ0v) is 15.7. The van der Waals surface area contributed by atoms with Gasteiger partial charge in [0, 0.05) is 0 Å². The Morgan fingerprint density at radius 3 is 2.46 bits per heavy atom. The van der Waals surface area contributed by atoms with E-state index in [0.717, 1.165) is 15.2 Å². The molecule has 2 aromatic carbocycles. The molecule has 0 spiro atoms. The molecule has 2 atom stereocenters. The van der Waals surface area contributed by atoms with E-state index in [9.17, 15) is 14.4 Å². The van der Waals surface area contributed by atoms with Gasteiger partial charge in [-0.3, -0.25) is 9.59 Å². The SMILES string of the molecule is COc1ccc2cc(C(C)C(=O)N[C@H](CC(=O)O)C(=O)O)ccc2c1Br. The number of benzene rings is 2. The van der Waals surface area contributed by atoms with E-state index in [2.05, 4.69) is 21.2 Å². The standard InChI is InChI=1S/C18H18BrNO6/c1-9(17(23)20-13(18(24)25)8-15(21)22)10-3-5-12-11(7-10)4-6-14(26-2)16(12)19/h3-7,9,13H,8H2,1-2H3,(H,20,23)(H,21,22)(H,24,25)/t9?,13-/m1/s1. The second-order valence-electron chi connectivity index (χ2n) is 5.78. The normalized spacial score (nSPS) is 13.0. The lowest BCUT2D eigenvalue weighted by Gasteiger charge is -2.17. The Morgan fingerprint density at radius 2 is 1.88 bits per heavy atom. The molecule has 0 saturated carbocycles. The number of carbonyl (C=O) groups excluding carboxylic acids is 1. The Labute approximate surface area is 158 Å². The van der Waals surface area contributed by atoms with Crippen molar-refractivity contribution in [2.75, 3.05) is 7.11 Å². The monoisotopic (exact) mass is 423 g/mol. The van der Waals surface area contributed by atoms with Gasteiger partial charge < -0.3 is 20.3 Å². The van der Waals surface area contributed by atoms with Crippen LogP contribution in [0, 0.1) is 0 Å². The highest BCUT2D eigenvalue weighted by atomic mass is 79.9. The first-order valence-electron chi connectivity index (χ1n) is 7.75. The highest BCUT2D eigenvalue weighted by molar-refractivity contribution is 9.10. The lowest BCUT2D eigenvalue weighted by atomic mass is 9.96. The number of halogens is 1. The van der Waals surface area contributed by atoms with Crippen LogP contribution in [0.2, 0.25) is 0 Å². The highest BCUT2D eigenvalue weighted by Crippen LogP contribution is 2.34. The molecule has 2 rings (SSSR count). The number of amides is 1. The molecule has 0 aliphatic rings. The molecule has 8 heteroatoms. The van der Waals surface area contributed by atoms with E-state index in [-0.39, 0.29) is 0 Å². The number of methoxy groups -OCH3 is 1. The summed E-state index contributed by atoms with van der Waals surface area (Å²) in [7, 11) is 1.57. The van der Waals surface area contributed by atoms with Crippen LogP contribution in [0.1, 0.15) is 24.8 Å². The fourth-order valence-corrected chi connectivity index (χ4v) is 3.20. The molecule has 0 bridgehead atoms. The molecule has 26 heavy (non-hydrogen) atoms. The number of carboxylic acid groups (broad SMARTS) is 2. The maximum absolute atomic E-state index is 12.3. The van der Waals surface area contributed by atoms with E-state index in [1.807, 2.05) is 18.2 Å². The summed E-state index contributed by atoms with van der Waals surface area (Å²) in [6.07, 6.45) is -0.682. The third-order valence-electron chi connectivity index (χ3n) is 4.05. The van der Waals surface area contributed by atoms with Crippen LogP contribution in [0.15, 0.2) is 34.8 Å². The first-order valence-corrected chi connectivity index (χ1v) is 8.55. The van der Waals surface area contributed by atoms with Crippen molar-refractivity contribution in [2.24, 2.45) is 0 Å². The van der Waals surface area contributed by atoms with Crippen LogP contribution in [-0.4, -0.2) is 41.2 Å². The van der Waals surface area contributed by atoms with Crippen molar-refractivity contribution in [3.8, 4) is 5.75 Å². The summed E-state index contributed by atoms with van der Waals surface area (Å²) in [5, 5.41) is 21.9. The van der Waals surface area contributed by atoms with E-state index in [4.69, 9.17) is 14.9 Å². The van der Waals surface area contributed by atoms with Crippen LogP contribution in [0.4, 0.5) is 0 Å². The van der Waals surface area contributed by atoms with E-state index >= 15 is 0 Å². The van der Waals surface area contributed by atoms with Gasteiger partial charge in [0.15, 0.2) is 0 Å². The van der Waals surface area contributed by atoms with Crippen molar-refractivity contribution in [3.05, 3.63) is 40.4 Å². The first-order chi connectivity index (χ1) is 12.2. The van der Waals surface area contributed by atoms with Gasteiger partial charge in [0.2, 0.25) is 5.91 Å². The second kappa shape index (κ2) is 8.18. The molecule has 1 amide bonds. The fourth-order valence-electron chi connectivity index (χ4n) is 2.54. The van der Waals surface area contributed by atoms with Crippen LogP contribution in [-0.2, 0) is 14.4 Å². The number of aliphatic carboxylic acids is 2. The average Bonchev–Trinajstić information content (AvgIpc) is 2.60. The van der Waals surface area contributed by atoms with Gasteiger partial charge in [-0.15, -0.1) is 0 Å². The minimum atomic E-state index is -1.47. The average molecular weight is 424 g/mol. The molecule has 138 valence electrons. The number of carbonyl (C=O) groups is 3. The summed E-state index contributed by atoms with van der Waals surface area (Å²) in [6, 6.07) is 7.63. The van der Waals surface area contributed by atoms with E-state index in [1.54, 1.807) is 26.2 Å². The smallest absolute Gasteiger partial charge is 0.326 e. The maximum Gasteiger partial charge on any atom is 0.326 e. The molecule has 0 radical (unpaired) electrons. The van der Waals surface area contributed by atoms with Crippen molar-refractivity contribution in [1.29, 1.82) is 0 Å². The van der Waals surface area contributed by atoms with Crippen LogP contribution in [0.25, 0.3) is 10.8 Å². The first kappa shape index (κ1) is 19.7. The number of hydrogen-bond acceptors (Lipinski definition) is 4. The van der Waals surface area contributed by atoms with Crippen molar-refractivity contribution in [3.63, 3.8) is 0 Å². The maximum atomic E-state index is 12.3. The van der Waals surface area contributed by atoms with Crippen LogP contribution in [0.5, 0.6) is 5.75 Å². The number of nitrogens with one attached hydrogen (secondary N) is 1. The molecular weight excluding hydrogens is 406 g/mol. The fraction of sp³-hybridized carbons (Fsp3) is 0.278. The van der Waals surface area contributed by atoms with Gasteiger partial charge in [-0.05, 0) is 45.3 Å². The topological polar surface area (TPSA) is 113 Å². The Kier molecular flexibility index (Phi) is 6.20. The molecule has 1 unspecified atom stereocenters. The lowest BCUT2D eigenvalue weighted by Crippen LogP contribution is -2.43. The molecule has 7 nitrogen and oxygen atoms in total. The van der Waals surface area contributed by atoms with Gasteiger partial charge in [0.25, 0.3) is 0 Å². The summed E-state index contributed by atoms with van der Waals surface area (Å²) in [6.45, 7) is 1.63. The molecular formula is C18H18BrNO6. The van der Waals surface area contributed by atoms with Crippen molar-refractivity contribution in [1.82, 2.24) is 5.32 Å². The summed E-state index contributed by atoms with van der Waals surface area (Å²) in [4.78, 5) is 34.2. The Morgan fingerprint density at radius 1 is 1.19 bits per heavy atom. The number of ether oxygens (including phenoxy) is 1. The van der Waals surface area contributed by atoms with Crippen LogP contribution < -0.4 is 10.1 Å². The molecule has 0 heterocycles. The predicted octanol–water partition coefficient (Wildman–Crippen LogP) is 2.76. The van der Waals surface area contributed by atoms with Crippen LogP contribution in [0.3, 0.4) is 0 Å². The van der Waals surface area contributed by atoms with Crippen LogP contribution >= 0.6 is 15.9 Å². The number of fused-ring (bicyclic) bond motifs is 1. The molecule has 3 N–H and O–H groups in total. The summed E-state index contributed by atoms with van der Waals surface area (Å²) in [5.41, 5.74) is 0.687. The molecule has 0 saturated heterocycles. The van der Waals surface area contributed by atoms with Gasteiger partial charge in [0.05, 0.1) is 23.9 Å². The quantitative estimate of drug-likeness (QED) is 0.630. The zero-order chi connectivity index (χ0) is 19.4. The third kappa shape index (κ3) is 4.32. The summed E-state index contributed by atoms with van der Waals surface area (Å²) in [5.74, 6) is -3.19.